The van der Waals surface area contributed by atoms with E-state index >= 15 is 0 Å². The van der Waals surface area contributed by atoms with Crippen LogP contribution in [0.25, 0.3) is 0 Å². The SMILES string of the molecule is Cc1ccccc1S(=O)(=O)NCCCn1cccn1. The smallest absolute Gasteiger partial charge is 0.240 e. The summed E-state index contributed by atoms with van der Waals surface area (Å²) < 4.78 is 28.6. The third kappa shape index (κ3) is 3.65. The Balaban J connectivity index is 1.90. The number of nitrogens with zero attached hydrogens (tertiary/aromatic N) is 2. The van der Waals surface area contributed by atoms with Crippen LogP contribution in [-0.4, -0.2) is 24.7 Å². The van der Waals surface area contributed by atoms with Crippen molar-refractivity contribution in [3.8, 4) is 0 Å². The minimum atomic E-state index is -3.41. The van der Waals surface area contributed by atoms with E-state index in [1.165, 1.54) is 0 Å². The highest BCUT2D eigenvalue weighted by Crippen LogP contribution is 2.13. The molecule has 0 atom stereocenters. The quantitative estimate of drug-likeness (QED) is 0.816. The Morgan fingerprint density at radius 3 is 2.74 bits per heavy atom. The van der Waals surface area contributed by atoms with Gasteiger partial charge in [-0.15, -0.1) is 0 Å². The predicted octanol–water partition coefficient (Wildman–Crippen LogP) is 1.56. The molecule has 1 heterocycles. The van der Waals surface area contributed by atoms with Gasteiger partial charge in [0.1, 0.15) is 0 Å². The number of sulfonamides is 1. The summed E-state index contributed by atoms with van der Waals surface area (Å²) in [6, 6.07) is 8.80. The number of aromatic nitrogens is 2. The van der Waals surface area contributed by atoms with Crippen LogP contribution in [0.2, 0.25) is 0 Å². The van der Waals surface area contributed by atoms with Gasteiger partial charge >= 0.3 is 0 Å². The van der Waals surface area contributed by atoms with Gasteiger partial charge in [0, 0.05) is 25.5 Å². The fourth-order valence-corrected chi connectivity index (χ4v) is 3.13. The molecular weight excluding hydrogens is 262 g/mol. The fraction of sp³-hybridized carbons (Fsp3) is 0.308. The molecule has 0 saturated heterocycles. The lowest BCUT2D eigenvalue weighted by Gasteiger charge is -2.09. The average Bonchev–Trinajstić information content (AvgIpc) is 2.88. The molecule has 0 bridgehead atoms. The largest absolute Gasteiger partial charge is 0.273 e. The Hall–Kier alpha value is -1.66. The zero-order valence-electron chi connectivity index (χ0n) is 10.8. The lowest BCUT2D eigenvalue weighted by molar-refractivity contribution is 0.552. The van der Waals surface area contributed by atoms with Gasteiger partial charge in [0.05, 0.1) is 4.90 Å². The second-order valence-corrected chi connectivity index (χ2v) is 6.02. The standard InChI is InChI=1S/C13H17N3O2S/c1-12-6-2-3-7-13(12)19(17,18)15-9-5-11-16-10-4-8-14-16/h2-4,6-8,10,15H,5,9,11H2,1H3. The van der Waals surface area contributed by atoms with Gasteiger partial charge in [0.25, 0.3) is 0 Å². The first-order valence-corrected chi connectivity index (χ1v) is 7.60. The Kier molecular flexibility index (Phi) is 4.34. The van der Waals surface area contributed by atoms with E-state index in [4.69, 9.17) is 0 Å². The fourth-order valence-electron chi connectivity index (χ4n) is 1.82. The van der Waals surface area contributed by atoms with Crippen molar-refractivity contribution >= 4 is 10.0 Å². The van der Waals surface area contributed by atoms with Gasteiger partial charge in [-0.1, -0.05) is 18.2 Å². The van der Waals surface area contributed by atoms with Crippen LogP contribution in [0.15, 0.2) is 47.6 Å². The lowest BCUT2D eigenvalue weighted by Crippen LogP contribution is -2.26. The van der Waals surface area contributed by atoms with Gasteiger partial charge < -0.3 is 0 Å². The average molecular weight is 279 g/mol. The van der Waals surface area contributed by atoms with Crippen LogP contribution in [0.1, 0.15) is 12.0 Å². The number of hydrogen-bond donors (Lipinski definition) is 1. The molecule has 0 fully saturated rings. The molecule has 6 heteroatoms. The van der Waals surface area contributed by atoms with Gasteiger partial charge in [-0.3, -0.25) is 4.68 Å². The molecule has 19 heavy (non-hydrogen) atoms. The zero-order valence-corrected chi connectivity index (χ0v) is 11.6. The molecule has 0 unspecified atom stereocenters. The van der Waals surface area contributed by atoms with Gasteiger partial charge in [-0.2, -0.15) is 5.10 Å². The Bertz CT molecular complexity index is 621. The first kappa shape index (κ1) is 13.8. The Morgan fingerprint density at radius 2 is 2.05 bits per heavy atom. The van der Waals surface area contributed by atoms with E-state index in [9.17, 15) is 8.42 Å². The molecule has 0 aliphatic heterocycles. The third-order valence-electron chi connectivity index (χ3n) is 2.80. The third-order valence-corrected chi connectivity index (χ3v) is 4.42. The Morgan fingerprint density at radius 1 is 1.26 bits per heavy atom. The summed E-state index contributed by atoms with van der Waals surface area (Å²) in [5, 5.41) is 4.06. The van der Waals surface area contributed by atoms with Crippen molar-refractivity contribution in [1.29, 1.82) is 0 Å². The highest BCUT2D eigenvalue weighted by molar-refractivity contribution is 7.89. The molecular formula is C13H17N3O2S. The van der Waals surface area contributed by atoms with Crippen LogP contribution >= 0.6 is 0 Å². The van der Waals surface area contributed by atoms with Crippen LogP contribution in [0.3, 0.4) is 0 Å². The van der Waals surface area contributed by atoms with Crippen LogP contribution in [-0.2, 0) is 16.6 Å². The predicted molar refractivity (Wildman–Crippen MR) is 73.2 cm³/mol. The molecule has 0 radical (unpaired) electrons. The van der Waals surface area contributed by atoms with Gasteiger partial charge in [-0.05, 0) is 31.0 Å². The summed E-state index contributed by atoms with van der Waals surface area (Å²) >= 11 is 0. The summed E-state index contributed by atoms with van der Waals surface area (Å²) in [5.74, 6) is 0. The number of aryl methyl sites for hydroxylation is 2. The maximum Gasteiger partial charge on any atom is 0.240 e. The molecule has 0 amide bonds. The minimum absolute atomic E-state index is 0.342. The van der Waals surface area contributed by atoms with Gasteiger partial charge in [0.15, 0.2) is 0 Å². The molecule has 2 rings (SSSR count). The number of rotatable bonds is 6. The first-order valence-electron chi connectivity index (χ1n) is 6.12. The van der Waals surface area contributed by atoms with E-state index in [0.717, 1.165) is 5.56 Å². The lowest BCUT2D eigenvalue weighted by atomic mass is 10.2. The second-order valence-electron chi connectivity index (χ2n) is 4.29. The van der Waals surface area contributed by atoms with Crippen LogP contribution < -0.4 is 4.72 Å². The van der Waals surface area contributed by atoms with Crippen molar-refractivity contribution in [2.45, 2.75) is 24.8 Å². The first-order chi connectivity index (χ1) is 9.09. The number of nitrogens with one attached hydrogen (secondary N) is 1. The summed E-state index contributed by atoms with van der Waals surface area (Å²) in [4.78, 5) is 0.342. The van der Waals surface area contributed by atoms with Gasteiger partial charge in [0.2, 0.25) is 10.0 Å². The molecule has 1 aromatic carbocycles. The van der Waals surface area contributed by atoms with Crippen LogP contribution in [0.4, 0.5) is 0 Å². The molecule has 0 spiro atoms. The zero-order chi connectivity index (χ0) is 13.7. The van der Waals surface area contributed by atoms with Gasteiger partial charge in [-0.25, -0.2) is 13.1 Å². The minimum Gasteiger partial charge on any atom is -0.273 e. The molecule has 2 aromatic rings. The summed E-state index contributed by atoms with van der Waals surface area (Å²) in [7, 11) is -3.41. The van der Waals surface area contributed by atoms with E-state index in [1.54, 1.807) is 36.0 Å². The highest BCUT2D eigenvalue weighted by Gasteiger charge is 2.14. The van der Waals surface area contributed by atoms with E-state index in [1.807, 2.05) is 18.3 Å². The summed E-state index contributed by atoms with van der Waals surface area (Å²) in [6.45, 7) is 2.89. The molecule has 1 N–H and O–H groups in total. The molecule has 1 aromatic heterocycles. The van der Waals surface area contributed by atoms with Crippen molar-refractivity contribution in [3.63, 3.8) is 0 Å². The van der Waals surface area contributed by atoms with E-state index in [-0.39, 0.29) is 0 Å². The highest BCUT2D eigenvalue weighted by atomic mass is 32.2. The number of hydrogen-bond acceptors (Lipinski definition) is 3. The molecule has 0 aliphatic carbocycles. The van der Waals surface area contributed by atoms with E-state index in [2.05, 4.69) is 9.82 Å². The number of benzene rings is 1. The van der Waals surface area contributed by atoms with Crippen molar-refractivity contribution < 1.29 is 8.42 Å². The summed E-state index contributed by atoms with van der Waals surface area (Å²) in [6.07, 6.45) is 4.26. The van der Waals surface area contributed by atoms with Crippen molar-refractivity contribution in [2.75, 3.05) is 6.54 Å². The topological polar surface area (TPSA) is 64.0 Å². The van der Waals surface area contributed by atoms with Crippen LogP contribution in [0, 0.1) is 6.92 Å². The van der Waals surface area contributed by atoms with E-state index < -0.39 is 10.0 Å². The second kappa shape index (κ2) is 5.99. The normalized spacial score (nSPS) is 11.6. The van der Waals surface area contributed by atoms with Crippen LogP contribution in [0.5, 0.6) is 0 Å². The monoisotopic (exact) mass is 279 g/mol. The molecule has 0 saturated carbocycles. The Labute approximate surface area is 113 Å². The molecule has 0 aliphatic rings. The van der Waals surface area contributed by atoms with Crippen molar-refractivity contribution in [1.82, 2.24) is 14.5 Å². The van der Waals surface area contributed by atoms with E-state index in [0.29, 0.717) is 24.4 Å². The maximum atomic E-state index is 12.1. The maximum absolute atomic E-state index is 12.1. The molecule has 102 valence electrons. The summed E-state index contributed by atoms with van der Waals surface area (Å²) in [5.41, 5.74) is 0.752. The molecule has 5 nitrogen and oxygen atoms in total. The van der Waals surface area contributed by atoms with Crippen molar-refractivity contribution in [2.24, 2.45) is 0 Å². The van der Waals surface area contributed by atoms with Crippen molar-refractivity contribution in [3.05, 3.63) is 48.3 Å².